The van der Waals surface area contributed by atoms with Crippen LogP contribution in [0.25, 0.3) is 0 Å². The lowest BCUT2D eigenvalue weighted by Crippen LogP contribution is -2.30. The molecule has 20 heavy (non-hydrogen) atoms. The van der Waals surface area contributed by atoms with Gasteiger partial charge in [-0.25, -0.2) is 8.78 Å². The Morgan fingerprint density at radius 1 is 1.10 bits per heavy atom. The van der Waals surface area contributed by atoms with Crippen molar-refractivity contribution in [2.75, 3.05) is 11.9 Å². The Hall–Kier alpha value is -2.50. The van der Waals surface area contributed by atoms with Crippen LogP contribution in [0.1, 0.15) is 5.69 Å². The summed E-state index contributed by atoms with van der Waals surface area (Å²) in [5.74, 6) is -1.84. The number of carbonyl (C=O) groups is 1. The van der Waals surface area contributed by atoms with Crippen molar-refractivity contribution in [2.45, 2.75) is 6.54 Å². The Morgan fingerprint density at radius 3 is 2.50 bits per heavy atom. The number of benzene rings is 1. The van der Waals surface area contributed by atoms with Gasteiger partial charge in [0.25, 0.3) is 0 Å². The molecule has 2 rings (SSSR count). The summed E-state index contributed by atoms with van der Waals surface area (Å²) < 4.78 is 26.6. The third kappa shape index (κ3) is 3.74. The van der Waals surface area contributed by atoms with E-state index in [1.165, 1.54) is 6.07 Å². The lowest BCUT2D eigenvalue weighted by molar-refractivity contribution is -0.119. The largest absolute Gasteiger partial charge is 0.371 e. The van der Waals surface area contributed by atoms with E-state index in [0.717, 1.165) is 12.1 Å². The van der Waals surface area contributed by atoms with Crippen LogP contribution in [-0.2, 0) is 11.3 Å². The highest BCUT2D eigenvalue weighted by atomic mass is 19.1. The normalized spacial score (nSPS) is 10.1. The van der Waals surface area contributed by atoms with Gasteiger partial charge in [-0.1, -0.05) is 12.1 Å². The van der Waals surface area contributed by atoms with E-state index < -0.39 is 11.6 Å². The number of aromatic nitrogens is 1. The molecule has 104 valence electrons. The van der Waals surface area contributed by atoms with Gasteiger partial charge < -0.3 is 10.6 Å². The Balaban J connectivity index is 1.84. The van der Waals surface area contributed by atoms with Crippen LogP contribution in [0.2, 0.25) is 0 Å². The summed E-state index contributed by atoms with van der Waals surface area (Å²) >= 11 is 0. The van der Waals surface area contributed by atoms with Crippen LogP contribution in [0, 0.1) is 11.6 Å². The minimum Gasteiger partial charge on any atom is -0.371 e. The second-order valence-electron chi connectivity index (χ2n) is 4.05. The first-order valence-electron chi connectivity index (χ1n) is 6.01. The Bertz CT molecular complexity index is 570. The predicted octanol–water partition coefficient (Wildman–Crippen LogP) is 2.09. The number of rotatable bonds is 5. The zero-order chi connectivity index (χ0) is 14.4. The van der Waals surface area contributed by atoms with Crippen molar-refractivity contribution in [1.29, 1.82) is 0 Å². The molecule has 1 aromatic carbocycles. The summed E-state index contributed by atoms with van der Waals surface area (Å²) in [6, 6.07) is 8.85. The molecular weight excluding hydrogens is 264 g/mol. The molecule has 0 atom stereocenters. The van der Waals surface area contributed by atoms with E-state index >= 15 is 0 Å². The fraction of sp³-hybridized carbons (Fsp3) is 0.143. The van der Waals surface area contributed by atoms with E-state index in [1.54, 1.807) is 18.3 Å². The average molecular weight is 277 g/mol. The minimum atomic E-state index is -0.734. The van der Waals surface area contributed by atoms with Crippen LogP contribution >= 0.6 is 0 Å². The van der Waals surface area contributed by atoms with Gasteiger partial charge >= 0.3 is 0 Å². The minimum absolute atomic E-state index is 0.218. The Kier molecular flexibility index (Phi) is 4.60. The molecule has 1 aromatic heterocycles. The van der Waals surface area contributed by atoms with Crippen LogP contribution < -0.4 is 10.6 Å². The number of halogens is 2. The molecule has 4 nitrogen and oxygen atoms in total. The molecule has 2 N–H and O–H groups in total. The van der Waals surface area contributed by atoms with Crippen LogP contribution in [-0.4, -0.2) is 17.4 Å². The molecule has 1 amide bonds. The zero-order valence-corrected chi connectivity index (χ0v) is 10.6. The molecule has 0 aliphatic carbocycles. The number of nitrogens with zero attached hydrogens (tertiary/aromatic N) is 1. The zero-order valence-electron chi connectivity index (χ0n) is 10.6. The highest BCUT2D eigenvalue weighted by Crippen LogP contribution is 2.17. The van der Waals surface area contributed by atoms with Gasteiger partial charge in [0.1, 0.15) is 17.3 Å². The molecule has 1 heterocycles. The molecule has 0 unspecified atom stereocenters. The van der Waals surface area contributed by atoms with E-state index in [2.05, 4.69) is 15.6 Å². The van der Waals surface area contributed by atoms with Crippen LogP contribution in [0.4, 0.5) is 14.5 Å². The van der Waals surface area contributed by atoms with Gasteiger partial charge in [0.05, 0.1) is 18.8 Å². The van der Waals surface area contributed by atoms with Crippen molar-refractivity contribution in [3.05, 3.63) is 59.9 Å². The maximum absolute atomic E-state index is 13.3. The molecule has 0 saturated heterocycles. The lowest BCUT2D eigenvalue weighted by Gasteiger charge is -2.09. The van der Waals surface area contributed by atoms with Gasteiger partial charge in [-0.2, -0.15) is 0 Å². The summed E-state index contributed by atoms with van der Waals surface area (Å²) in [6.07, 6.45) is 1.62. The maximum atomic E-state index is 13.3. The number of para-hydroxylation sites is 1. The van der Waals surface area contributed by atoms with Crippen molar-refractivity contribution in [3.63, 3.8) is 0 Å². The summed E-state index contributed by atoms with van der Waals surface area (Å²) in [7, 11) is 0. The highest BCUT2D eigenvalue weighted by molar-refractivity contribution is 5.80. The van der Waals surface area contributed by atoms with E-state index in [-0.39, 0.29) is 24.7 Å². The van der Waals surface area contributed by atoms with E-state index in [9.17, 15) is 13.6 Å². The molecule has 0 radical (unpaired) electrons. The first kappa shape index (κ1) is 13.9. The Morgan fingerprint density at radius 2 is 1.85 bits per heavy atom. The Labute approximate surface area is 114 Å². The second-order valence-corrected chi connectivity index (χ2v) is 4.05. The second kappa shape index (κ2) is 6.60. The fourth-order valence-corrected chi connectivity index (χ4v) is 1.59. The highest BCUT2D eigenvalue weighted by Gasteiger charge is 2.09. The molecule has 0 bridgehead atoms. The topological polar surface area (TPSA) is 54.0 Å². The van der Waals surface area contributed by atoms with Crippen molar-refractivity contribution < 1.29 is 13.6 Å². The van der Waals surface area contributed by atoms with Gasteiger partial charge in [0, 0.05) is 6.20 Å². The standard InChI is InChI=1S/C14H13F2N3O/c15-11-5-3-6-12(16)14(11)19-9-13(20)18-8-10-4-1-2-7-17-10/h1-7,19H,8-9H2,(H,18,20). The number of hydrogen-bond donors (Lipinski definition) is 2. The van der Waals surface area contributed by atoms with Gasteiger partial charge in [-0.05, 0) is 24.3 Å². The number of anilines is 1. The first-order valence-corrected chi connectivity index (χ1v) is 6.01. The molecule has 6 heteroatoms. The number of carbonyl (C=O) groups excluding carboxylic acids is 1. The predicted molar refractivity (Wildman–Crippen MR) is 70.9 cm³/mol. The smallest absolute Gasteiger partial charge is 0.239 e. The van der Waals surface area contributed by atoms with E-state index in [1.807, 2.05) is 6.07 Å². The summed E-state index contributed by atoms with van der Waals surface area (Å²) in [6.45, 7) is 0.0474. The monoisotopic (exact) mass is 277 g/mol. The van der Waals surface area contributed by atoms with E-state index in [0.29, 0.717) is 5.69 Å². The number of nitrogens with one attached hydrogen (secondary N) is 2. The fourth-order valence-electron chi connectivity index (χ4n) is 1.59. The van der Waals surface area contributed by atoms with Crippen molar-refractivity contribution in [2.24, 2.45) is 0 Å². The van der Waals surface area contributed by atoms with Gasteiger partial charge in [-0.15, -0.1) is 0 Å². The number of pyridine rings is 1. The molecule has 0 spiro atoms. The van der Waals surface area contributed by atoms with Crippen molar-refractivity contribution >= 4 is 11.6 Å². The van der Waals surface area contributed by atoms with Crippen molar-refractivity contribution in [3.8, 4) is 0 Å². The molecule has 0 saturated carbocycles. The molecule has 0 aliphatic heterocycles. The summed E-state index contributed by atoms with van der Waals surface area (Å²) in [5.41, 5.74) is 0.401. The molecule has 0 fully saturated rings. The molecular formula is C14H13F2N3O. The maximum Gasteiger partial charge on any atom is 0.239 e. The number of hydrogen-bond acceptors (Lipinski definition) is 3. The van der Waals surface area contributed by atoms with Gasteiger partial charge in [-0.3, -0.25) is 9.78 Å². The SMILES string of the molecule is O=C(CNc1c(F)cccc1F)NCc1ccccn1. The third-order valence-corrected chi connectivity index (χ3v) is 2.58. The third-order valence-electron chi connectivity index (χ3n) is 2.58. The van der Waals surface area contributed by atoms with Crippen LogP contribution in [0.5, 0.6) is 0 Å². The average Bonchev–Trinajstić information content (AvgIpc) is 2.46. The molecule has 0 aliphatic rings. The summed E-state index contributed by atoms with van der Waals surface area (Å²) in [4.78, 5) is 15.6. The summed E-state index contributed by atoms with van der Waals surface area (Å²) in [5, 5.41) is 5.03. The quantitative estimate of drug-likeness (QED) is 0.880. The van der Waals surface area contributed by atoms with Crippen LogP contribution in [0.15, 0.2) is 42.6 Å². The molecule has 2 aromatic rings. The van der Waals surface area contributed by atoms with Gasteiger partial charge in [0.15, 0.2) is 0 Å². The van der Waals surface area contributed by atoms with Crippen LogP contribution in [0.3, 0.4) is 0 Å². The van der Waals surface area contributed by atoms with Crippen molar-refractivity contribution in [1.82, 2.24) is 10.3 Å². The number of amides is 1. The van der Waals surface area contributed by atoms with E-state index in [4.69, 9.17) is 0 Å². The van der Waals surface area contributed by atoms with Gasteiger partial charge in [0.2, 0.25) is 5.91 Å². The lowest BCUT2D eigenvalue weighted by atomic mass is 10.3. The first-order chi connectivity index (χ1) is 9.66.